The first-order valence-corrected chi connectivity index (χ1v) is 7.73. The standard InChI is InChI=1S/C16H19F3N4O2/c1-9(2)7-12(8-20)21-14(24)11-5-3-10(4-6-11)13-22-15(25-23-13)16(17,18)19/h3-6,9,12H,7-8,20H2,1-2H3,(H,21,24). The Kier molecular flexibility index (Phi) is 5.78. The minimum atomic E-state index is -4.70. The second-order valence-corrected chi connectivity index (χ2v) is 6.03. The molecule has 0 spiro atoms. The molecular weight excluding hydrogens is 337 g/mol. The Hall–Kier alpha value is -2.42. The number of hydrogen-bond acceptors (Lipinski definition) is 5. The molecule has 1 amide bonds. The topological polar surface area (TPSA) is 94.0 Å². The number of carbonyl (C=O) groups is 1. The average molecular weight is 356 g/mol. The van der Waals surface area contributed by atoms with Gasteiger partial charge in [-0.1, -0.05) is 31.1 Å². The zero-order valence-electron chi connectivity index (χ0n) is 13.8. The molecule has 1 atom stereocenters. The van der Waals surface area contributed by atoms with E-state index in [4.69, 9.17) is 5.73 Å². The number of alkyl halides is 3. The zero-order valence-corrected chi connectivity index (χ0v) is 13.8. The minimum Gasteiger partial charge on any atom is -0.348 e. The number of nitrogens with one attached hydrogen (secondary N) is 1. The molecule has 2 aromatic rings. The van der Waals surface area contributed by atoms with Gasteiger partial charge >= 0.3 is 12.1 Å². The van der Waals surface area contributed by atoms with Crippen LogP contribution in [0.3, 0.4) is 0 Å². The molecule has 0 aliphatic rings. The van der Waals surface area contributed by atoms with Gasteiger partial charge < -0.3 is 15.6 Å². The van der Waals surface area contributed by atoms with Gasteiger partial charge in [-0.2, -0.15) is 18.2 Å². The van der Waals surface area contributed by atoms with E-state index in [-0.39, 0.29) is 17.8 Å². The third kappa shape index (κ3) is 5.02. The van der Waals surface area contributed by atoms with Gasteiger partial charge in [-0.3, -0.25) is 4.79 Å². The fourth-order valence-electron chi connectivity index (χ4n) is 2.28. The maximum atomic E-state index is 12.5. The summed E-state index contributed by atoms with van der Waals surface area (Å²) in [5.74, 6) is -1.52. The van der Waals surface area contributed by atoms with Gasteiger partial charge in [0.2, 0.25) is 5.82 Å². The van der Waals surface area contributed by atoms with Gasteiger partial charge in [-0.25, -0.2) is 0 Å². The molecule has 3 N–H and O–H groups in total. The molecular formula is C16H19F3N4O2. The van der Waals surface area contributed by atoms with Crippen LogP contribution in [0.25, 0.3) is 11.4 Å². The molecule has 0 aliphatic carbocycles. The Morgan fingerprint density at radius 1 is 1.28 bits per heavy atom. The second kappa shape index (κ2) is 7.64. The van der Waals surface area contributed by atoms with Crippen LogP contribution in [-0.4, -0.2) is 28.6 Å². The molecule has 0 fully saturated rings. The number of amides is 1. The SMILES string of the molecule is CC(C)CC(CN)NC(=O)c1ccc(-c2noc(C(F)(F)F)n2)cc1. The summed E-state index contributed by atoms with van der Waals surface area (Å²) in [5.41, 5.74) is 6.33. The summed E-state index contributed by atoms with van der Waals surface area (Å²) >= 11 is 0. The first-order chi connectivity index (χ1) is 11.7. The largest absolute Gasteiger partial charge is 0.471 e. The number of hydrogen-bond donors (Lipinski definition) is 2. The van der Waals surface area contributed by atoms with Crippen molar-refractivity contribution in [2.75, 3.05) is 6.54 Å². The van der Waals surface area contributed by atoms with Gasteiger partial charge in [-0.15, -0.1) is 0 Å². The van der Waals surface area contributed by atoms with Crippen LogP contribution in [-0.2, 0) is 6.18 Å². The van der Waals surface area contributed by atoms with Crippen molar-refractivity contribution in [3.05, 3.63) is 35.7 Å². The van der Waals surface area contributed by atoms with Crippen molar-refractivity contribution < 1.29 is 22.5 Å². The number of rotatable bonds is 6. The van der Waals surface area contributed by atoms with Crippen LogP contribution in [0.5, 0.6) is 0 Å². The van der Waals surface area contributed by atoms with E-state index in [1.807, 2.05) is 13.8 Å². The summed E-state index contributed by atoms with van der Waals surface area (Å²) in [7, 11) is 0. The quantitative estimate of drug-likeness (QED) is 0.830. The van der Waals surface area contributed by atoms with Crippen LogP contribution in [0, 0.1) is 5.92 Å². The summed E-state index contributed by atoms with van der Waals surface area (Å²) in [4.78, 5) is 15.5. The van der Waals surface area contributed by atoms with E-state index in [2.05, 4.69) is 20.0 Å². The van der Waals surface area contributed by atoms with Gasteiger partial charge in [0, 0.05) is 23.7 Å². The number of benzene rings is 1. The molecule has 25 heavy (non-hydrogen) atoms. The van der Waals surface area contributed by atoms with Crippen molar-refractivity contribution in [2.45, 2.75) is 32.5 Å². The van der Waals surface area contributed by atoms with Crippen molar-refractivity contribution >= 4 is 5.91 Å². The Bertz CT molecular complexity index is 711. The lowest BCUT2D eigenvalue weighted by molar-refractivity contribution is -0.159. The number of nitrogens with two attached hydrogens (primary N) is 1. The van der Waals surface area contributed by atoms with E-state index in [1.165, 1.54) is 24.3 Å². The van der Waals surface area contributed by atoms with E-state index >= 15 is 0 Å². The highest BCUT2D eigenvalue weighted by Gasteiger charge is 2.38. The first-order valence-electron chi connectivity index (χ1n) is 7.73. The molecule has 1 heterocycles. The summed E-state index contributed by atoms with van der Waals surface area (Å²) in [6, 6.07) is 5.74. The lowest BCUT2D eigenvalue weighted by Gasteiger charge is -2.18. The summed E-state index contributed by atoms with van der Waals surface area (Å²) < 4.78 is 41.6. The van der Waals surface area contributed by atoms with E-state index in [9.17, 15) is 18.0 Å². The normalized spacial score (nSPS) is 13.1. The summed E-state index contributed by atoms with van der Waals surface area (Å²) in [6.45, 7) is 4.39. The molecule has 0 saturated heterocycles. The van der Waals surface area contributed by atoms with Gasteiger partial charge in [0.05, 0.1) is 0 Å². The highest BCUT2D eigenvalue weighted by Crippen LogP contribution is 2.29. The molecule has 1 aromatic carbocycles. The lowest BCUT2D eigenvalue weighted by Crippen LogP contribution is -2.41. The molecule has 6 nitrogen and oxygen atoms in total. The molecule has 1 aromatic heterocycles. The molecule has 0 bridgehead atoms. The Labute approximate surface area is 142 Å². The van der Waals surface area contributed by atoms with Crippen molar-refractivity contribution in [2.24, 2.45) is 11.7 Å². The third-order valence-corrected chi connectivity index (χ3v) is 3.45. The second-order valence-electron chi connectivity index (χ2n) is 6.03. The fraction of sp³-hybridized carbons (Fsp3) is 0.438. The Morgan fingerprint density at radius 3 is 2.40 bits per heavy atom. The van der Waals surface area contributed by atoms with Crippen LogP contribution in [0.2, 0.25) is 0 Å². The van der Waals surface area contributed by atoms with Crippen LogP contribution in [0.15, 0.2) is 28.8 Å². The maximum absolute atomic E-state index is 12.5. The van der Waals surface area contributed by atoms with Gasteiger partial charge in [0.25, 0.3) is 5.91 Å². The van der Waals surface area contributed by atoms with Crippen LogP contribution in [0.4, 0.5) is 13.2 Å². The van der Waals surface area contributed by atoms with E-state index in [0.29, 0.717) is 23.6 Å². The van der Waals surface area contributed by atoms with Gasteiger partial charge in [-0.05, 0) is 24.5 Å². The fourth-order valence-corrected chi connectivity index (χ4v) is 2.28. The highest BCUT2D eigenvalue weighted by molar-refractivity contribution is 5.94. The van der Waals surface area contributed by atoms with Crippen molar-refractivity contribution in [3.63, 3.8) is 0 Å². The number of nitrogens with zero attached hydrogens (tertiary/aromatic N) is 2. The lowest BCUT2D eigenvalue weighted by atomic mass is 10.0. The van der Waals surface area contributed by atoms with Crippen molar-refractivity contribution in [3.8, 4) is 11.4 Å². The summed E-state index contributed by atoms with van der Waals surface area (Å²) in [6.07, 6.45) is -3.94. The maximum Gasteiger partial charge on any atom is 0.471 e. The zero-order chi connectivity index (χ0) is 18.6. The predicted molar refractivity (Wildman–Crippen MR) is 84.5 cm³/mol. The minimum absolute atomic E-state index is 0.140. The van der Waals surface area contributed by atoms with Gasteiger partial charge in [0.1, 0.15) is 0 Å². The average Bonchev–Trinajstić information content (AvgIpc) is 3.04. The molecule has 0 saturated carbocycles. The molecule has 136 valence electrons. The molecule has 0 radical (unpaired) electrons. The molecule has 1 unspecified atom stereocenters. The van der Waals surface area contributed by atoms with Crippen LogP contribution >= 0.6 is 0 Å². The smallest absolute Gasteiger partial charge is 0.348 e. The van der Waals surface area contributed by atoms with E-state index < -0.39 is 12.1 Å². The monoisotopic (exact) mass is 356 g/mol. The summed E-state index contributed by atoms with van der Waals surface area (Å²) in [5, 5.41) is 6.13. The van der Waals surface area contributed by atoms with Crippen LogP contribution < -0.4 is 11.1 Å². The Morgan fingerprint density at radius 2 is 1.92 bits per heavy atom. The molecule has 9 heteroatoms. The number of carbonyl (C=O) groups excluding carboxylic acids is 1. The molecule has 0 aliphatic heterocycles. The predicted octanol–water partition coefficient (Wildman–Crippen LogP) is 2.86. The number of halogens is 3. The number of aromatic nitrogens is 2. The van der Waals surface area contributed by atoms with Crippen molar-refractivity contribution in [1.29, 1.82) is 0 Å². The van der Waals surface area contributed by atoms with E-state index in [0.717, 1.165) is 6.42 Å². The first kappa shape index (κ1) is 18.9. The molecule has 2 rings (SSSR count). The van der Waals surface area contributed by atoms with E-state index in [1.54, 1.807) is 0 Å². The Balaban J connectivity index is 2.09. The third-order valence-electron chi connectivity index (χ3n) is 3.45. The van der Waals surface area contributed by atoms with Gasteiger partial charge in [0.15, 0.2) is 0 Å². The van der Waals surface area contributed by atoms with Crippen molar-refractivity contribution in [1.82, 2.24) is 15.5 Å². The highest BCUT2D eigenvalue weighted by atomic mass is 19.4. The van der Waals surface area contributed by atoms with Crippen LogP contribution in [0.1, 0.15) is 36.5 Å².